The average Bonchev–Trinajstić information content (AvgIpc) is 2.81. The summed E-state index contributed by atoms with van der Waals surface area (Å²) in [4.78, 5) is 4.36. The van der Waals surface area contributed by atoms with Gasteiger partial charge in [0.25, 0.3) is 0 Å². The van der Waals surface area contributed by atoms with Crippen molar-refractivity contribution in [3.05, 3.63) is 41.0 Å². The van der Waals surface area contributed by atoms with Gasteiger partial charge in [0.15, 0.2) is 5.82 Å². The number of thioether (sulfide) groups is 1. The van der Waals surface area contributed by atoms with E-state index in [9.17, 15) is 0 Å². The van der Waals surface area contributed by atoms with Gasteiger partial charge >= 0.3 is 0 Å². The van der Waals surface area contributed by atoms with Crippen LogP contribution in [0, 0.1) is 0 Å². The van der Waals surface area contributed by atoms with Crippen LogP contribution in [-0.4, -0.2) is 14.9 Å². The molecule has 0 aliphatic carbocycles. The maximum absolute atomic E-state index is 5.92. The molecule has 0 aliphatic heterocycles. The van der Waals surface area contributed by atoms with Gasteiger partial charge in [0, 0.05) is 15.5 Å². The first-order valence-corrected chi connectivity index (χ1v) is 7.73. The van der Waals surface area contributed by atoms with Gasteiger partial charge in [0.1, 0.15) is 0 Å². The molecule has 0 spiro atoms. The summed E-state index contributed by atoms with van der Waals surface area (Å²) in [6.45, 7) is 6.99. The number of halogens is 1. The van der Waals surface area contributed by atoms with Crippen LogP contribution in [0.1, 0.15) is 32.5 Å². The third-order valence-corrected chi connectivity index (χ3v) is 3.92. The number of hydrogen-bond acceptors (Lipinski definition) is 5. The van der Waals surface area contributed by atoms with Gasteiger partial charge < -0.3 is 9.84 Å². The maximum Gasteiger partial charge on any atom is 0.245 e. The molecule has 0 bridgehead atoms. The van der Waals surface area contributed by atoms with Gasteiger partial charge in [-0.3, -0.25) is 0 Å². The summed E-state index contributed by atoms with van der Waals surface area (Å²) in [6, 6.07) is 7.53. The molecule has 0 atom stereocenters. The Morgan fingerprint density at radius 2 is 2.15 bits per heavy atom. The molecule has 4 nitrogen and oxygen atoms in total. The van der Waals surface area contributed by atoms with Gasteiger partial charge in [-0.25, -0.2) is 0 Å². The molecule has 6 heteroatoms. The Bertz CT molecular complexity index is 566. The molecule has 0 amide bonds. The van der Waals surface area contributed by atoms with Crippen molar-refractivity contribution in [2.75, 3.05) is 5.32 Å². The van der Waals surface area contributed by atoms with E-state index in [0.717, 1.165) is 17.3 Å². The largest absolute Gasteiger partial charge is 0.376 e. The summed E-state index contributed by atoms with van der Waals surface area (Å²) in [5.41, 5.74) is 0.932. The summed E-state index contributed by atoms with van der Waals surface area (Å²) in [5.74, 6) is 2.06. The van der Waals surface area contributed by atoms with Gasteiger partial charge in [-0.05, 0) is 18.2 Å². The fraction of sp³-hybridized carbons (Fsp3) is 0.429. The minimum atomic E-state index is 0.194. The molecular weight excluding hydrogens is 294 g/mol. The van der Waals surface area contributed by atoms with Crippen LogP contribution in [0.15, 0.2) is 28.8 Å². The summed E-state index contributed by atoms with van der Waals surface area (Å²) in [7, 11) is 0. The quantitative estimate of drug-likeness (QED) is 0.888. The Morgan fingerprint density at radius 1 is 1.35 bits per heavy atom. The SMILES string of the molecule is CC(C)(C)SCc1noc(CNc2cccc(Cl)c2)n1. The lowest BCUT2D eigenvalue weighted by molar-refractivity contribution is 0.379. The second kappa shape index (κ2) is 6.50. The normalized spacial score (nSPS) is 11.6. The van der Waals surface area contributed by atoms with E-state index in [4.69, 9.17) is 16.1 Å². The number of nitrogens with zero attached hydrogens (tertiary/aromatic N) is 2. The van der Waals surface area contributed by atoms with Crippen molar-refractivity contribution in [3.8, 4) is 0 Å². The van der Waals surface area contributed by atoms with Crippen LogP contribution in [0.5, 0.6) is 0 Å². The Morgan fingerprint density at radius 3 is 2.85 bits per heavy atom. The van der Waals surface area contributed by atoms with E-state index in [2.05, 4.69) is 36.2 Å². The lowest BCUT2D eigenvalue weighted by Crippen LogP contribution is -2.08. The van der Waals surface area contributed by atoms with Crippen LogP contribution in [0.2, 0.25) is 5.02 Å². The molecule has 0 aliphatic rings. The molecule has 0 radical (unpaired) electrons. The first-order chi connectivity index (χ1) is 9.42. The number of anilines is 1. The van der Waals surface area contributed by atoms with Crippen molar-refractivity contribution in [1.82, 2.24) is 10.1 Å². The molecule has 1 aromatic carbocycles. The standard InChI is InChI=1S/C14H18ClN3OS/c1-14(2,3)20-9-12-17-13(19-18-12)8-16-11-6-4-5-10(15)7-11/h4-7,16H,8-9H2,1-3H3. The van der Waals surface area contributed by atoms with Gasteiger partial charge in [-0.2, -0.15) is 4.98 Å². The highest BCUT2D eigenvalue weighted by atomic mass is 35.5. The second-order valence-electron chi connectivity index (χ2n) is 5.37. The van der Waals surface area contributed by atoms with Crippen molar-refractivity contribution in [2.45, 2.75) is 37.8 Å². The maximum atomic E-state index is 5.92. The van der Waals surface area contributed by atoms with Crippen LogP contribution in [-0.2, 0) is 12.3 Å². The highest BCUT2D eigenvalue weighted by Crippen LogP contribution is 2.26. The van der Waals surface area contributed by atoms with E-state index in [-0.39, 0.29) is 4.75 Å². The molecular formula is C14H18ClN3OS. The fourth-order valence-electron chi connectivity index (χ4n) is 1.48. The van der Waals surface area contributed by atoms with Crippen LogP contribution >= 0.6 is 23.4 Å². The molecule has 0 saturated heterocycles. The van der Waals surface area contributed by atoms with Gasteiger partial charge in [-0.15, -0.1) is 11.8 Å². The van der Waals surface area contributed by atoms with Crippen molar-refractivity contribution < 1.29 is 4.52 Å². The summed E-state index contributed by atoms with van der Waals surface area (Å²) >= 11 is 7.71. The van der Waals surface area contributed by atoms with E-state index in [1.807, 2.05) is 24.3 Å². The Balaban J connectivity index is 1.87. The van der Waals surface area contributed by atoms with E-state index in [1.165, 1.54) is 0 Å². The predicted molar refractivity (Wildman–Crippen MR) is 84.1 cm³/mol. The Kier molecular flexibility index (Phi) is 4.94. The monoisotopic (exact) mass is 311 g/mol. The van der Waals surface area contributed by atoms with E-state index >= 15 is 0 Å². The van der Waals surface area contributed by atoms with E-state index < -0.39 is 0 Å². The lowest BCUT2D eigenvalue weighted by atomic mass is 10.3. The number of hydrogen-bond donors (Lipinski definition) is 1. The molecule has 1 N–H and O–H groups in total. The first kappa shape index (κ1) is 15.2. The van der Waals surface area contributed by atoms with Crippen molar-refractivity contribution >= 4 is 29.1 Å². The molecule has 2 aromatic rings. The Labute approximate surface area is 128 Å². The number of benzene rings is 1. The molecule has 20 heavy (non-hydrogen) atoms. The molecule has 1 aromatic heterocycles. The van der Waals surface area contributed by atoms with Gasteiger partial charge in [-0.1, -0.05) is 43.6 Å². The Hall–Kier alpha value is -1.20. The summed E-state index contributed by atoms with van der Waals surface area (Å²) in [6.07, 6.45) is 0. The topological polar surface area (TPSA) is 51.0 Å². The minimum Gasteiger partial charge on any atom is -0.376 e. The summed E-state index contributed by atoms with van der Waals surface area (Å²) in [5, 5.41) is 7.87. The van der Waals surface area contributed by atoms with E-state index in [1.54, 1.807) is 11.8 Å². The minimum absolute atomic E-state index is 0.194. The van der Waals surface area contributed by atoms with Crippen molar-refractivity contribution in [3.63, 3.8) is 0 Å². The van der Waals surface area contributed by atoms with E-state index in [0.29, 0.717) is 17.5 Å². The smallest absolute Gasteiger partial charge is 0.245 e. The highest BCUT2D eigenvalue weighted by Gasteiger charge is 2.13. The third kappa shape index (κ3) is 5.06. The average molecular weight is 312 g/mol. The zero-order chi connectivity index (χ0) is 14.6. The third-order valence-electron chi connectivity index (χ3n) is 2.41. The summed E-state index contributed by atoms with van der Waals surface area (Å²) < 4.78 is 5.41. The number of aromatic nitrogens is 2. The molecule has 0 fully saturated rings. The fourth-order valence-corrected chi connectivity index (χ4v) is 2.35. The number of nitrogens with one attached hydrogen (secondary N) is 1. The molecule has 0 unspecified atom stereocenters. The van der Waals surface area contributed by atoms with Crippen molar-refractivity contribution in [2.24, 2.45) is 0 Å². The van der Waals surface area contributed by atoms with Crippen LogP contribution < -0.4 is 5.32 Å². The predicted octanol–water partition coefficient (Wildman–Crippen LogP) is 4.37. The zero-order valence-corrected chi connectivity index (χ0v) is 13.4. The highest BCUT2D eigenvalue weighted by molar-refractivity contribution is 7.99. The number of rotatable bonds is 5. The zero-order valence-electron chi connectivity index (χ0n) is 11.8. The molecule has 108 valence electrons. The second-order valence-corrected chi connectivity index (χ2v) is 7.61. The molecule has 2 rings (SSSR count). The molecule has 1 heterocycles. The van der Waals surface area contributed by atoms with Crippen LogP contribution in [0.25, 0.3) is 0 Å². The van der Waals surface area contributed by atoms with Crippen LogP contribution in [0.4, 0.5) is 5.69 Å². The van der Waals surface area contributed by atoms with Gasteiger partial charge in [0.05, 0.1) is 12.3 Å². The lowest BCUT2D eigenvalue weighted by Gasteiger charge is -2.15. The van der Waals surface area contributed by atoms with Crippen molar-refractivity contribution in [1.29, 1.82) is 0 Å². The van der Waals surface area contributed by atoms with Crippen LogP contribution in [0.3, 0.4) is 0 Å². The first-order valence-electron chi connectivity index (χ1n) is 6.37. The van der Waals surface area contributed by atoms with Gasteiger partial charge in [0.2, 0.25) is 5.89 Å². The molecule has 0 saturated carbocycles.